The molecule has 2 atom stereocenters. The average molecular weight is 409 g/mol. The number of carbonyl (C=O) groups excluding carboxylic acids is 2. The van der Waals surface area contributed by atoms with E-state index in [-0.39, 0.29) is 23.7 Å². The van der Waals surface area contributed by atoms with E-state index in [0.717, 1.165) is 5.75 Å². The first-order valence-electron chi connectivity index (χ1n) is 10.9. The second-order valence-electron chi connectivity index (χ2n) is 8.80. The van der Waals surface area contributed by atoms with E-state index in [1.165, 1.54) is 27.2 Å². The van der Waals surface area contributed by atoms with E-state index in [9.17, 15) is 9.59 Å². The number of rotatable bonds is 3. The average Bonchev–Trinajstić information content (AvgIpc) is 3.07. The molecular weight excluding hydrogens is 386 g/mol. The number of nitrogens with zero attached hydrogens (tertiary/aromatic N) is 1. The number of hydrogen-bond acceptors (Lipinski definition) is 3. The van der Waals surface area contributed by atoms with Crippen LogP contribution in [-0.4, -0.2) is 18.4 Å². The lowest BCUT2D eigenvalue weighted by Crippen LogP contribution is -2.51. The summed E-state index contributed by atoms with van der Waals surface area (Å²) in [6.07, 6.45) is 0. The van der Waals surface area contributed by atoms with E-state index in [1.54, 1.807) is 0 Å². The van der Waals surface area contributed by atoms with Gasteiger partial charge in [-0.2, -0.15) is 0 Å². The van der Waals surface area contributed by atoms with Crippen LogP contribution in [0.25, 0.3) is 0 Å². The van der Waals surface area contributed by atoms with Gasteiger partial charge in [0, 0.05) is 11.3 Å². The van der Waals surface area contributed by atoms with Gasteiger partial charge in [0.1, 0.15) is 5.75 Å². The normalized spacial score (nSPS) is 27.7. The van der Waals surface area contributed by atoms with Crippen molar-refractivity contribution in [2.24, 2.45) is 11.8 Å². The van der Waals surface area contributed by atoms with E-state index >= 15 is 0 Å². The Balaban J connectivity index is 1.53. The lowest BCUT2D eigenvalue weighted by Gasteiger charge is -2.52. The third kappa shape index (κ3) is 2.20. The summed E-state index contributed by atoms with van der Waals surface area (Å²) in [5.41, 5.74) is 4.80. The summed E-state index contributed by atoms with van der Waals surface area (Å²) in [6.45, 7) is 4.64. The topological polar surface area (TPSA) is 46.6 Å². The number of amides is 2. The molecule has 1 aliphatic heterocycles. The third-order valence-corrected chi connectivity index (χ3v) is 7.45. The van der Waals surface area contributed by atoms with Crippen molar-refractivity contribution < 1.29 is 14.3 Å². The number of anilines is 1. The van der Waals surface area contributed by atoms with Gasteiger partial charge >= 0.3 is 0 Å². The van der Waals surface area contributed by atoms with Gasteiger partial charge in [0.15, 0.2) is 0 Å². The minimum atomic E-state index is -0.528. The van der Waals surface area contributed by atoms with Crippen molar-refractivity contribution in [3.63, 3.8) is 0 Å². The molecule has 2 amide bonds. The van der Waals surface area contributed by atoms with Crippen LogP contribution in [0.2, 0.25) is 0 Å². The predicted molar refractivity (Wildman–Crippen MR) is 118 cm³/mol. The summed E-state index contributed by atoms with van der Waals surface area (Å²) in [6, 6.07) is 23.9. The van der Waals surface area contributed by atoms with E-state index in [4.69, 9.17) is 4.74 Å². The number of ether oxygens (including phenoxy) is 1. The molecule has 0 saturated carbocycles. The predicted octanol–water partition coefficient (Wildman–Crippen LogP) is 4.66. The molecule has 1 fully saturated rings. The number of carbonyl (C=O) groups is 2. The molecule has 4 aliphatic rings. The molecule has 0 spiro atoms. The summed E-state index contributed by atoms with van der Waals surface area (Å²) < 4.78 is 5.53. The van der Waals surface area contributed by atoms with Crippen molar-refractivity contribution in [2.45, 2.75) is 25.2 Å². The highest BCUT2D eigenvalue weighted by molar-refractivity contribution is 6.23. The first kappa shape index (κ1) is 18.4. The van der Waals surface area contributed by atoms with Crippen LogP contribution in [0.4, 0.5) is 5.69 Å². The molecule has 0 N–H and O–H groups in total. The molecular formula is C27H23NO3. The highest BCUT2D eigenvalue weighted by Gasteiger charge is 2.66. The van der Waals surface area contributed by atoms with Gasteiger partial charge < -0.3 is 4.74 Å². The quantitative estimate of drug-likeness (QED) is 0.592. The Morgan fingerprint density at radius 3 is 2.00 bits per heavy atom. The first-order chi connectivity index (χ1) is 15.1. The van der Waals surface area contributed by atoms with Crippen LogP contribution in [0.3, 0.4) is 0 Å². The molecule has 7 rings (SSSR count). The monoisotopic (exact) mass is 409 g/mol. The van der Waals surface area contributed by atoms with Gasteiger partial charge in [0.2, 0.25) is 11.8 Å². The van der Waals surface area contributed by atoms with Crippen LogP contribution in [0.1, 0.15) is 42.0 Å². The van der Waals surface area contributed by atoms with Crippen LogP contribution in [-0.2, 0) is 15.0 Å². The molecule has 3 aromatic rings. The lowest BCUT2D eigenvalue weighted by molar-refractivity contribution is -0.123. The molecule has 4 nitrogen and oxygen atoms in total. The molecule has 3 aliphatic carbocycles. The third-order valence-electron chi connectivity index (χ3n) is 7.45. The minimum Gasteiger partial charge on any atom is -0.494 e. The van der Waals surface area contributed by atoms with Crippen molar-refractivity contribution in [1.82, 2.24) is 0 Å². The second-order valence-corrected chi connectivity index (χ2v) is 8.80. The standard InChI is InChI=1S/C27H23NO3/c1-3-31-17-14-12-16(13-15-17)28-25(29)23-22-18-8-4-6-10-20(18)27(2,24(23)26(28)30)21-11-7-5-9-19(21)22/h4-15,22-24H,3H2,1-2H3/t22?,23-,24+,27?/m0/s1. The fourth-order valence-corrected chi connectivity index (χ4v) is 6.26. The Kier molecular flexibility index (Phi) is 3.73. The summed E-state index contributed by atoms with van der Waals surface area (Å²) in [5.74, 6) is -0.344. The SMILES string of the molecule is CCOc1ccc(N2C(=O)[C@H]3C4c5ccccc5C(C)(c5ccccc54)[C@H]3C2=O)cc1. The Morgan fingerprint density at radius 1 is 0.839 bits per heavy atom. The molecule has 4 heteroatoms. The zero-order valence-corrected chi connectivity index (χ0v) is 17.5. The van der Waals surface area contributed by atoms with Crippen molar-refractivity contribution in [3.05, 3.63) is 95.1 Å². The van der Waals surface area contributed by atoms with Gasteiger partial charge in [0.25, 0.3) is 0 Å². The summed E-state index contributed by atoms with van der Waals surface area (Å²) >= 11 is 0. The van der Waals surface area contributed by atoms with Crippen LogP contribution in [0.15, 0.2) is 72.8 Å². The molecule has 0 radical (unpaired) electrons. The maximum Gasteiger partial charge on any atom is 0.238 e. The van der Waals surface area contributed by atoms with E-state index < -0.39 is 11.3 Å². The zero-order valence-electron chi connectivity index (χ0n) is 17.5. The van der Waals surface area contributed by atoms with Crippen LogP contribution < -0.4 is 9.64 Å². The van der Waals surface area contributed by atoms with Crippen LogP contribution in [0.5, 0.6) is 5.75 Å². The van der Waals surface area contributed by atoms with Crippen LogP contribution in [0, 0.1) is 11.8 Å². The first-order valence-corrected chi connectivity index (χ1v) is 10.9. The van der Waals surface area contributed by atoms with Gasteiger partial charge in [0.05, 0.1) is 24.1 Å². The molecule has 154 valence electrons. The Bertz CT molecular complexity index is 1180. The maximum atomic E-state index is 13.8. The van der Waals surface area contributed by atoms with Gasteiger partial charge in [-0.1, -0.05) is 55.5 Å². The molecule has 3 aromatic carbocycles. The van der Waals surface area contributed by atoms with Crippen molar-refractivity contribution in [3.8, 4) is 5.75 Å². The second kappa shape index (κ2) is 6.30. The Morgan fingerprint density at radius 2 is 1.42 bits per heavy atom. The summed E-state index contributed by atoms with van der Waals surface area (Å²) in [5, 5.41) is 0. The zero-order chi connectivity index (χ0) is 21.3. The van der Waals surface area contributed by atoms with E-state index in [2.05, 4.69) is 31.2 Å². The van der Waals surface area contributed by atoms with E-state index in [0.29, 0.717) is 12.3 Å². The van der Waals surface area contributed by atoms with Gasteiger partial charge in [-0.3, -0.25) is 9.59 Å². The number of benzene rings is 3. The van der Waals surface area contributed by atoms with Gasteiger partial charge in [-0.15, -0.1) is 0 Å². The van der Waals surface area contributed by atoms with Crippen molar-refractivity contribution in [1.29, 1.82) is 0 Å². The minimum absolute atomic E-state index is 0.0941. The number of imide groups is 1. The fraction of sp³-hybridized carbons (Fsp3) is 0.259. The molecule has 1 heterocycles. The molecule has 1 saturated heterocycles. The molecule has 0 unspecified atom stereocenters. The smallest absolute Gasteiger partial charge is 0.238 e. The van der Waals surface area contributed by atoms with Crippen LogP contribution >= 0.6 is 0 Å². The van der Waals surface area contributed by atoms with Crippen molar-refractivity contribution in [2.75, 3.05) is 11.5 Å². The van der Waals surface area contributed by atoms with E-state index in [1.807, 2.05) is 55.5 Å². The summed E-state index contributed by atoms with van der Waals surface area (Å²) in [4.78, 5) is 29.0. The fourth-order valence-electron chi connectivity index (χ4n) is 6.26. The summed E-state index contributed by atoms with van der Waals surface area (Å²) in [7, 11) is 0. The molecule has 2 bridgehead atoms. The largest absolute Gasteiger partial charge is 0.494 e. The lowest BCUT2D eigenvalue weighted by atomic mass is 9.48. The maximum absolute atomic E-state index is 13.8. The Labute approximate surface area is 181 Å². The highest BCUT2D eigenvalue weighted by atomic mass is 16.5. The number of hydrogen-bond donors (Lipinski definition) is 0. The van der Waals surface area contributed by atoms with Gasteiger partial charge in [-0.25, -0.2) is 4.90 Å². The molecule has 0 aromatic heterocycles. The van der Waals surface area contributed by atoms with Gasteiger partial charge in [-0.05, 0) is 53.4 Å². The Hall–Kier alpha value is -3.40. The highest BCUT2D eigenvalue weighted by Crippen LogP contribution is 2.64. The molecule has 31 heavy (non-hydrogen) atoms. The van der Waals surface area contributed by atoms with Crippen molar-refractivity contribution >= 4 is 17.5 Å².